The molecule has 5 heteroatoms. The third-order valence-corrected chi connectivity index (χ3v) is 4.18. The van der Waals surface area contributed by atoms with E-state index in [-0.39, 0.29) is 24.0 Å². The fourth-order valence-electron chi connectivity index (χ4n) is 3.06. The predicted molar refractivity (Wildman–Crippen MR) is 82.8 cm³/mol. The van der Waals surface area contributed by atoms with Crippen LogP contribution in [0.3, 0.4) is 0 Å². The molecule has 120 valence electrons. The SMILES string of the molecule is O=C1OC[C@@H](Cc2cccc(O)c2)[C@@H]1[C@@H](O)c1cccc(O)c1. The normalized spacial score (nSPS) is 21.9. The number of phenolic OH excluding ortho intramolecular Hbond substituents is 2. The highest BCUT2D eigenvalue weighted by Crippen LogP contribution is 2.36. The first-order valence-corrected chi connectivity index (χ1v) is 7.46. The van der Waals surface area contributed by atoms with Crippen LogP contribution in [-0.4, -0.2) is 27.9 Å². The van der Waals surface area contributed by atoms with Gasteiger partial charge < -0.3 is 20.1 Å². The van der Waals surface area contributed by atoms with Crippen LogP contribution in [0.1, 0.15) is 17.2 Å². The van der Waals surface area contributed by atoms with Gasteiger partial charge in [0.25, 0.3) is 0 Å². The molecule has 0 spiro atoms. The predicted octanol–water partition coefficient (Wildman–Crippen LogP) is 2.16. The number of hydrogen-bond donors (Lipinski definition) is 3. The average molecular weight is 314 g/mol. The molecule has 3 atom stereocenters. The van der Waals surface area contributed by atoms with E-state index in [2.05, 4.69) is 0 Å². The van der Waals surface area contributed by atoms with E-state index in [9.17, 15) is 20.1 Å². The zero-order chi connectivity index (χ0) is 16.4. The van der Waals surface area contributed by atoms with E-state index in [1.54, 1.807) is 30.3 Å². The maximum atomic E-state index is 12.0. The van der Waals surface area contributed by atoms with Crippen molar-refractivity contribution in [2.45, 2.75) is 12.5 Å². The Morgan fingerprint density at radius 2 is 1.78 bits per heavy atom. The summed E-state index contributed by atoms with van der Waals surface area (Å²) < 4.78 is 5.13. The molecule has 3 N–H and O–H groups in total. The molecule has 3 rings (SSSR count). The van der Waals surface area contributed by atoms with E-state index >= 15 is 0 Å². The molecule has 0 amide bonds. The Balaban J connectivity index is 1.82. The molecule has 1 aliphatic rings. The Labute approximate surface area is 133 Å². The van der Waals surface area contributed by atoms with Crippen molar-refractivity contribution in [3.63, 3.8) is 0 Å². The van der Waals surface area contributed by atoms with Gasteiger partial charge in [-0.15, -0.1) is 0 Å². The summed E-state index contributed by atoms with van der Waals surface area (Å²) in [6.45, 7) is 0.231. The maximum absolute atomic E-state index is 12.0. The monoisotopic (exact) mass is 314 g/mol. The summed E-state index contributed by atoms with van der Waals surface area (Å²) in [5.74, 6) is -1.12. The third kappa shape index (κ3) is 3.29. The number of benzene rings is 2. The van der Waals surface area contributed by atoms with Gasteiger partial charge in [0, 0.05) is 5.92 Å². The Hall–Kier alpha value is -2.53. The van der Waals surface area contributed by atoms with Crippen LogP contribution in [0.15, 0.2) is 48.5 Å². The molecule has 5 nitrogen and oxygen atoms in total. The van der Waals surface area contributed by atoms with Gasteiger partial charge in [-0.25, -0.2) is 0 Å². The molecule has 0 bridgehead atoms. The first-order valence-electron chi connectivity index (χ1n) is 7.46. The van der Waals surface area contributed by atoms with Crippen LogP contribution < -0.4 is 0 Å². The van der Waals surface area contributed by atoms with Crippen molar-refractivity contribution in [3.8, 4) is 11.5 Å². The summed E-state index contributed by atoms with van der Waals surface area (Å²) in [5.41, 5.74) is 1.36. The van der Waals surface area contributed by atoms with Crippen LogP contribution in [0.5, 0.6) is 11.5 Å². The fraction of sp³-hybridized carbons (Fsp3) is 0.278. The number of ether oxygens (including phenoxy) is 1. The molecule has 0 unspecified atom stereocenters. The summed E-state index contributed by atoms with van der Waals surface area (Å²) >= 11 is 0. The molecule has 2 aromatic carbocycles. The number of carbonyl (C=O) groups is 1. The van der Waals surface area contributed by atoms with Crippen LogP contribution in [0.4, 0.5) is 0 Å². The summed E-state index contributed by atoms with van der Waals surface area (Å²) in [4.78, 5) is 12.0. The molecular formula is C18H18O5. The Bertz CT molecular complexity index is 712. The van der Waals surface area contributed by atoms with Crippen LogP contribution in [0, 0.1) is 11.8 Å². The van der Waals surface area contributed by atoms with E-state index in [0.717, 1.165) is 5.56 Å². The summed E-state index contributed by atoms with van der Waals surface area (Å²) in [5, 5.41) is 29.7. The quantitative estimate of drug-likeness (QED) is 0.753. The van der Waals surface area contributed by atoms with Gasteiger partial charge in [-0.3, -0.25) is 4.79 Å². The molecule has 1 fully saturated rings. The topological polar surface area (TPSA) is 87.0 Å². The average Bonchev–Trinajstić information content (AvgIpc) is 2.87. The molecule has 23 heavy (non-hydrogen) atoms. The molecule has 0 radical (unpaired) electrons. The Kier molecular flexibility index (Phi) is 4.21. The van der Waals surface area contributed by atoms with Gasteiger partial charge in [0.15, 0.2) is 0 Å². The van der Waals surface area contributed by atoms with Crippen molar-refractivity contribution in [1.29, 1.82) is 0 Å². The van der Waals surface area contributed by atoms with Crippen LogP contribution >= 0.6 is 0 Å². The maximum Gasteiger partial charge on any atom is 0.312 e. The zero-order valence-electron chi connectivity index (χ0n) is 12.4. The standard InChI is InChI=1S/C18H18O5/c19-14-5-1-3-11(8-14)7-13-10-23-18(22)16(13)17(21)12-4-2-6-15(20)9-12/h1-6,8-9,13,16-17,19-21H,7,10H2/t13-,16-,17+/m1/s1. The zero-order valence-corrected chi connectivity index (χ0v) is 12.4. The minimum atomic E-state index is -1.04. The largest absolute Gasteiger partial charge is 0.508 e. The van der Waals surface area contributed by atoms with Crippen LogP contribution in [0.25, 0.3) is 0 Å². The minimum absolute atomic E-state index is 0.0393. The van der Waals surface area contributed by atoms with Crippen molar-refractivity contribution in [2.75, 3.05) is 6.61 Å². The highest BCUT2D eigenvalue weighted by molar-refractivity contribution is 5.75. The Morgan fingerprint density at radius 1 is 1.09 bits per heavy atom. The van der Waals surface area contributed by atoms with Crippen molar-refractivity contribution >= 4 is 5.97 Å². The number of phenols is 2. The number of carbonyl (C=O) groups excluding carboxylic acids is 1. The third-order valence-electron chi connectivity index (χ3n) is 4.18. The van der Waals surface area contributed by atoms with Gasteiger partial charge in [-0.05, 0) is 41.8 Å². The number of rotatable bonds is 4. The lowest BCUT2D eigenvalue weighted by atomic mass is 9.83. The molecule has 0 aromatic heterocycles. The number of aliphatic hydroxyl groups is 1. The summed E-state index contributed by atoms with van der Waals surface area (Å²) in [6.07, 6.45) is -0.528. The molecule has 0 aliphatic carbocycles. The molecule has 1 saturated heterocycles. The first-order chi connectivity index (χ1) is 11.0. The minimum Gasteiger partial charge on any atom is -0.508 e. The molecule has 1 heterocycles. The molecule has 2 aromatic rings. The highest BCUT2D eigenvalue weighted by atomic mass is 16.5. The smallest absolute Gasteiger partial charge is 0.312 e. The van der Waals surface area contributed by atoms with Crippen LogP contribution in [-0.2, 0) is 16.0 Å². The fourth-order valence-corrected chi connectivity index (χ4v) is 3.06. The highest BCUT2D eigenvalue weighted by Gasteiger charge is 2.42. The van der Waals surface area contributed by atoms with Gasteiger partial charge in [-0.1, -0.05) is 24.3 Å². The number of aromatic hydroxyl groups is 2. The van der Waals surface area contributed by atoms with Gasteiger partial charge in [0.2, 0.25) is 0 Å². The number of aliphatic hydroxyl groups excluding tert-OH is 1. The molecule has 1 aliphatic heterocycles. The van der Waals surface area contributed by atoms with Crippen molar-refractivity contribution in [3.05, 3.63) is 59.7 Å². The summed E-state index contributed by atoms with van der Waals surface area (Å²) in [7, 11) is 0. The van der Waals surface area contributed by atoms with E-state index in [1.807, 2.05) is 6.07 Å². The number of esters is 1. The van der Waals surface area contributed by atoms with Gasteiger partial charge in [0.1, 0.15) is 11.5 Å². The van der Waals surface area contributed by atoms with Crippen molar-refractivity contribution in [2.24, 2.45) is 11.8 Å². The van der Waals surface area contributed by atoms with E-state index in [4.69, 9.17) is 4.74 Å². The second-order valence-corrected chi connectivity index (χ2v) is 5.83. The first kappa shape index (κ1) is 15.4. The van der Waals surface area contributed by atoms with E-state index in [1.165, 1.54) is 12.1 Å². The van der Waals surface area contributed by atoms with Crippen molar-refractivity contribution in [1.82, 2.24) is 0 Å². The van der Waals surface area contributed by atoms with E-state index < -0.39 is 18.0 Å². The van der Waals surface area contributed by atoms with Crippen LogP contribution in [0.2, 0.25) is 0 Å². The number of hydrogen-bond acceptors (Lipinski definition) is 5. The second kappa shape index (κ2) is 6.30. The summed E-state index contributed by atoms with van der Waals surface area (Å²) in [6, 6.07) is 13.1. The molecular weight excluding hydrogens is 296 g/mol. The van der Waals surface area contributed by atoms with Crippen molar-refractivity contribution < 1.29 is 24.9 Å². The Morgan fingerprint density at radius 3 is 2.48 bits per heavy atom. The molecule has 0 saturated carbocycles. The van der Waals surface area contributed by atoms with Gasteiger partial charge in [0.05, 0.1) is 18.6 Å². The number of cyclic esters (lactones) is 1. The second-order valence-electron chi connectivity index (χ2n) is 5.83. The van der Waals surface area contributed by atoms with Gasteiger partial charge >= 0.3 is 5.97 Å². The lowest BCUT2D eigenvalue weighted by Gasteiger charge is -2.21. The van der Waals surface area contributed by atoms with Gasteiger partial charge in [-0.2, -0.15) is 0 Å². The van der Waals surface area contributed by atoms with E-state index in [0.29, 0.717) is 12.0 Å². The lowest BCUT2D eigenvalue weighted by molar-refractivity contribution is -0.144. The lowest BCUT2D eigenvalue weighted by Crippen LogP contribution is -2.25.